The van der Waals surface area contributed by atoms with Gasteiger partial charge < -0.3 is 14.4 Å². The quantitative estimate of drug-likeness (QED) is 0.0848. The third kappa shape index (κ3) is 8.09. The van der Waals surface area contributed by atoms with Crippen LogP contribution in [0.5, 0.6) is 11.5 Å². The SMILES string of the molecule is CC1(C)c2ccccc2-c2ccc(N(c3ccc4c(c3)C(CCCCOc3ccc5c(c3)CC5)(c3ccc(F)cc3)c3ccccc3-4)c3ccc4c(c3)C(CCCCOc3ccc5c(c3)CC5)(c3ccc(F)cc3)c3ccccc3-4)cc21. The van der Waals surface area contributed by atoms with Crippen molar-refractivity contribution in [2.24, 2.45) is 0 Å². The Kier molecular flexibility index (Phi) is 12.2. The lowest BCUT2D eigenvalue weighted by atomic mass is 9.69. The number of fused-ring (bicyclic) bond motifs is 11. The highest BCUT2D eigenvalue weighted by molar-refractivity contribution is 5.92. The predicted octanol–water partition coefficient (Wildman–Crippen LogP) is 19.1. The van der Waals surface area contributed by atoms with Crippen molar-refractivity contribution >= 4 is 17.1 Å². The minimum atomic E-state index is -0.583. The minimum absolute atomic E-state index is 0.238. The van der Waals surface area contributed by atoms with Crippen LogP contribution in [0.4, 0.5) is 25.8 Å². The molecule has 0 saturated heterocycles. The van der Waals surface area contributed by atoms with Crippen molar-refractivity contribution in [2.75, 3.05) is 18.1 Å². The molecule has 0 aromatic heterocycles. The molecule has 5 aliphatic carbocycles. The molecule has 0 spiro atoms. The maximum Gasteiger partial charge on any atom is 0.123 e. The van der Waals surface area contributed by atoms with Crippen molar-refractivity contribution in [3.8, 4) is 44.9 Å². The topological polar surface area (TPSA) is 21.7 Å². The molecule has 2 unspecified atom stereocenters. The molecule has 404 valence electrons. The van der Waals surface area contributed by atoms with E-state index in [0.29, 0.717) is 13.2 Å². The Morgan fingerprint density at radius 1 is 0.354 bits per heavy atom. The van der Waals surface area contributed by atoms with E-state index in [-0.39, 0.29) is 17.0 Å². The third-order valence-corrected chi connectivity index (χ3v) is 19.4. The summed E-state index contributed by atoms with van der Waals surface area (Å²) in [6, 6.07) is 75.4. The zero-order valence-corrected chi connectivity index (χ0v) is 46.7. The van der Waals surface area contributed by atoms with Gasteiger partial charge in [0.1, 0.15) is 23.1 Å². The van der Waals surface area contributed by atoms with Gasteiger partial charge in [-0.25, -0.2) is 8.78 Å². The Bertz CT molecular complexity index is 3930. The van der Waals surface area contributed by atoms with Crippen molar-refractivity contribution in [1.82, 2.24) is 0 Å². The Morgan fingerprint density at radius 2 is 0.732 bits per heavy atom. The highest BCUT2D eigenvalue weighted by atomic mass is 19.1. The molecule has 2 atom stereocenters. The van der Waals surface area contributed by atoms with Crippen molar-refractivity contribution in [1.29, 1.82) is 0 Å². The van der Waals surface area contributed by atoms with Crippen LogP contribution in [0.1, 0.15) is 119 Å². The van der Waals surface area contributed by atoms with E-state index < -0.39 is 10.8 Å². The highest BCUT2D eigenvalue weighted by Gasteiger charge is 2.47. The number of rotatable bonds is 17. The largest absolute Gasteiger partial charge is 0.494 e. The summed E-state index contributed by atoms with van der Waals surface area (Å²) in [6.07, 6.45) is 9.67. The summed E-state index contributed by atoms with van der Waals surface area (Å²) in [7, 11) is 0. The van der Waals surface area contributed by atoms with Crippen LogP contribution in [0.25, 0.3) is 33.4 Å². The van der Waals surface area contributed by atoms with E-state index in [1.165, 1.54) is 89.0 Å². The molecule has 0 fully saturated rings. The molecule has 0 saturated carbocycles. The first kappa shape index (κ1) is 50.4. The van der Waals surface area contributed by atoms with Gasteiger partial charge in [0.15, 0.2) is 0 Å². The number of anilines is 3. The second-order valence-electron chi connectivity index (χ2n) is 24.1. The summed E-state index contributed by atoms with van der Waals surface area (Å²) in [5, 5.41) is 0. The Hall–Kier alpha value is -8.54. The average molecular weight is 1070 g/mol. The fourth-order valence-corrected chi connectivity index (χ4v) is 15.1. The van der Waals surface area contributed by atoms with Gasteiger partial charge in [-0.2, -0.15) is 0 Å². The van der Waals surface area contributed by atoms with Gasteiger partial charge in [-0.1, -0.05) is 141 Å². The van der Waals surface area contributed by atoms with Gasteiger partial charge in [0.25, 0.3) is 0 Å². The third-order valence-electron chi connectivity index (χ3n) is 19.4. The molecule has 0 bridgehead atoms. The van der Waals surface area contributed by atoms with Gasteiger partial charge in [-0.05, 0) is 249 Å². The lowest BCUT2D eigenvalue weighted by Gasteiger charge is -2.36. The van der Waals surface area contributed by atoms with E-state index in [9.17, 15) is 0 Å². The first-order chi connectivity index (χ1) is 40.2. The fourth-order valence-electron chi connectivity index (χ4n) is 15.1. The second kappa shape index (κ2) is 19.9. The van der Waals surface area contributed by atoms with E-state index in [2.05, 4.69) is 183 Å². The molecular formula is C77H65F2NO2. The van der Waals surface area contributed by atoms with Crippen LogP contribution in [0.15, 0.2) is 212 Å². The number of ether oxygens (including phenoxy) is 2. The maximum atomic E-state index is 15.2. The van der Waals surface area contributed by atoms with Gasteiger partial charge >= 0.3 is 0 Å². The molecule has 10 aromatic carbocycles. The highest BCUT2D eigenvalue weighted by Crippen LogP contribution is 2.60. The summed E-state index contributed by atoms with van der Waals surface area (Å²) >= 11 is 0. The summed E-state index contributed by atoms with van der Waals surface area (Å²) in [5.74, 6) is 1.39. The zero-order valence-electron chi connectivity index (χ0n) is 46.7. The Morgan fingerprint density at radius 3 is 1.16 bits per heavy atom. The first-order valence-electron chi connectivity index (χ1n) is 29.7. The van der Waals surface area contributed by atoms with E-state index >= 15 is 8.78 Å². The van der Waals surface area contributed by atoms with E-state index in [4.69, 9.17) is 9.47 Å². The molecule has 0 radical (unpaired) electrons. The van der Waals surface area contributed by atoms with Crippen LogP contribution < -0.4 is 14.4 Å². The van der Waals surface area contributed by atoms with Crippen molar-refractivity contribution in [2.45, 2.75) is 94.3 Å². The van der Waals surface area contributed by atoms with Crippen molar-refractivity contribution in [3.05, 3.63) is 291 Å². The van der Waals surface area contributed by atoms with Crippen LogP contribution in [-0.2, 0) is 41.9 Å². The number of halogens is 2. The summed E-state index contributed by atoms with van der Waals surface area (Å²) in [4.78, 5) is 2.47. The summed E-state index contributed by atoms with van der Waals surface area (Å²) in [5.41, 5.74) is 24.4. The Labute approximate surface area is 480 Å². The molecule has 0 heterocycles. The number of benzene rings is 10. The lowest BCUT2D eigenvalue weighted by molar-refractivity contribution is 0.300. The van der Waals surface area contributed by atoms with Gasteiger partial charge in [0.2, 0.25) is 0 Å². The lowest BCUT2D eigenvalue weighted by Crippen LogP contribution is -2.28. The van der Waals surface area contributed by atoms with E-state index in [1.54, 1.807) is 24.3 Å². The van der Waals surface area contributed by atoms with Crippen LogP contribution in [-0.4, -0.2) is 13.2 Å². The van der Waals surface area contributed by atoms with Crippen LogP contribution in [0, 0.1) is 11.6 Å². The van der Waals surface area contributed by atoms with Crippen LogP contribution in [0.2, 0.25) is 0 Å². The molecule has 0 N–H and O–H groups in total. The number of aryl methyl sites for hydroxylation is 4. The van der Waals surface area contributed by atoms with Crippen LogP contribution in [0.3, 0.4) is 0 Å². The molecule has 15 rings (SSSR count). The number of hydrogen-bond donors (Lipinski definition) is 0. The van der Waals surface area contributed by atoms with Crippen molar-refractivity contribution < 1.29 is 18.3 Å². The van der Waals surface area contributed by atoms with E-state index in [0.717, 1.165) is 104 Å². The fraction of sp³-hybridized carbons (Fsp3) is 0.221. The summed E-state index contributed by atoms with van der Waals surface area (Å²) < 4.78 is 43.2. The zero-order chi connectivity index (χ0) is 55.2. The molecule has 0 amide bonds. The molecule has 3 nitrogen and oxygen atoms in total. The summed E-state index contributed by atoms with van der Waals surface area (Å²) in [6.45, 7) is 5.93. The van der Waals surface area contributed by atoms with E-state index in [1.807, 2.05) is 24.3 Å². The number of nitrogens with zero attached hydrogens (tertiary/aromatic N) is 1. The molecule has 82 heavy (non-hydrogen) atoms. The maximum absolute atomic E-state index is 15.2. The van der Waals surface area contributed by atoms with Crippen molar-refractivity contribution in [3.63, 3.8) is 0 Å². The second-order valence-corrected chi connectivity index (χ2v) is 24.1. The Balaban J connectivity index is 0.869. The van der Waals surface area contributed by atoms with Gasteiger partial charge in [-0.3, -0.25) is 0 Å². The number of unbranched alkanes of at least 4 members (excludes halogenated alkanes) is 2. The molecule has 10 aromatic rings. The predicted molar refractivity (Wildman–Crippen MR) is 329 cm³/mol. The normalized spacial score (nSPS) is 17.7. The molecular weight excluding hydrogens is 1010 g/mol. The van der Waals surface area contributed by atoms with Gasteiger partial charge in [0.05, 0.1) is 13.2 Å². The standard InChI is InChI=1S/C77H65F2NO2/c1-75(2)69-16-6-3-13-63(69)66-38-33-58(47-72(66)75)80(59-34-39-67-64-14-4-7-17-70(64)76(73(67)48-59,54-25-29-56(78)30-26-54)41-9-11-43-81-61-36-23-50-19-21-52(50)45-61)60-35-40-68-65-15-5-8-18-71(65)77(74(68)49-60,55-27-31-57(79)32-28-55)42-10-12-44-82-62-37-24-51-20-22-53(51)46-62/h3-8,13-18,23-40,45-49H,9-12,19-22,41-44H2,1-2H3. The van der Waals surface area contributed by atoms with Gasteiger partial charge in [0, 0.05) is 33.3 Å². The number of hydrogen-bond acceptors (Lipinski definition) is 3. The monoisotopic (exact) mass is 1070 g/mol. The molecule has 0 aliphatic heterocycles. The van der Waals surface area contributed by atoms with Crippen LogP contribution >= 0.6 is 0 Å². The molecule has 5 heteroatoms. The minimum Gasteiger partial charge on any atom is -0.494 e. The average Bonchev–Trinajstić information content (AvgIpc) is 2.81. The van der Waals surface area contributed by atoms with Gasteiger partial charge in [-0.15, -0.1) is 0 Å². The first-order valence-corrected chi connectivity index (χ1v) is 29.7. The smallest absolute Gasteiger partial charge is 0.123 e. The molecule has 5 aliphatic rings.